The van der Waals surface area contributed by atoms with E-state index in [-0.39, 0.29) is 0 Å². The Morgan fingerprint density at radius 2 is 0.647 bits per heavy atom. The van der Waals surface area contributed by atoms with Crippen LogP contribution in [0.1, 0.15) is 0 Å². The number of hydrogen-bond donors (Lipinski definition) is 0. The maximum Gasteiger partial charge on any atom is 0.0541 e. The monoisotopic (exact) mass is 647 g/mol. The lowest BCUT2D eigenvalue weighted by Crippen LogP contribution is -1.93. The maximum absolute atomic E-state index is 2.39. The van der Waals surface area contributed by atoms with E-state index < -0.39 is 0 Å². The number of benzene rings is 9. The Balaban J connectivity index is 0.970. The van der Waals surface area contributed by atoms with Gasteiger partial charge in [-0.05, 0) is 115 Å². The lowest BCUT2D eigenvalue weighted by molar-refractivity contribution is 1.18. The number of rotatable bonds is 5. The van der Waals surface area contributed by atoms with E-state index in [2.05, 4.69) is 205 Å². The lowest BCUT2D eigenvalue weighted by Gasteiger charge is -2.11. The zero-order valence-electron chi connectivity index (χ0n) is 28.0. The van der Waals surface area contributed by atoms with Crippen LogP contribution < -0.4 is 0 Å². The van der Waals surface area contributed by atoms with Crippen molar-refractivity contribution in [3.05, 3.63) is 200 Å². The molecule has 0 amide bonds. The molecule has 51 heavy (non-hydrogen) atoms. The summed E-state index contributed by atoms with van der Waals surface area (Å²) in [6, 6.07) is 73.0. The number of para-hydroxylation sites is 1. The third-order valence-electron chi connectivity index (χ3n) is 10.4. The normalized spacial score (nSPS) is 11.5. The van der Waals surface area contributed by atoms with E-state index >= 15 is 0 Å². The molecule has 0 saturated carbocycles. The molecule has 0 saturated heterocycles. The Morgan fingerprint density at radius 1 is 0.235 bits per heavy atom. The molecular formula is C50H33N. The van der Waals surface area contributed by atoms with Crippen LogP contribution in [0.3, 0.4) is 0 Å². The first kappa shape index (κ1) is 29.2. The topological polar surface area (TPSA) is 4.93 Å². The third-order valence-corrected chi connectivity index (χ3v) is 10.4. The van der Waals surface area contributed by atoms with Gasteiger partial charge in [0, 0.05) is 16.5 Å². The van der Waals surface area contributed by atoms with Crippen LogP contribution in [0.2, 0.25) is 0 Å². The summed E-state index contributed by atoms with van der Waals surface area (Å²) in [6.07, 6.45) is 0. The van der Waals surface area contributed by atoms with Crippen LogP contribution in [0.4, 0.5) is 0 Å². The summed E-state index contributed by atoms with van der Waals surface area (Å²) in [7, 11) is 0. The first-order valence-corrected chi connectivity index (χ1v) is 17.6. The van der Waals surface area contributed by atoms with E-state index in [9.17, 15) is 0 Å². The molecule has 9 aromatic carbocycles. The highest BCUT2D eigenvalue weighted by atomic mass is 15.0. The second-order valence-corrected chi connectivity index (χ2v) is 13.4. The molecule has 1 aromatic heterocycles. The van der Waals surface area contributed by atoms with Crippen molar-refractivity contribution in [2.45, 2.75) is 0 Å². The first-order chi connectivity index (χ1) is 25.2. The van der Waals surface area contributed by atoms with Crippen molar-refractivity contribution in [2.24, 2.45) is 0 Å². The summed E-state index contributed by atoms with van der Waals surface area (Å²) in [6.45, 7) is 0. The Labute approximate surface area is 297 Å². The van der Waals surface area contributed by atoms with Crippen molar-refractivity contribution in [1.29, 1.82) is 0 Å². The fourth-order valence-corrected chi connectivity index (χ4v) is 7.69. The Kier molecular flexibility index (Phi) is 6.89. The van der Waals surface area contributed by atoms with Crippen molar-refractivity contribution >= 4 is 43.4 Å². The van der Waals surface area contributed by atoms with Crippen LogP contribution in [-0.2, 0) is 0 Å². The molecule has 0 unspecified atom stereocenters. The zero-order chi connectivity index (χ0) is 33.7. The van der Waals surface area contributed by atoms with Gasteiger partial charge in [-0.1, -0.05) is 152 Å². The van der Waals surface area contributed by atoms with E-state index in [1.54, 1.807) is 0 Å². The minimum Gasteiger partial charge on any atom is -0.309 e. The molecule has 238 valence electrons. The summed E-state index contributed by atoms with van der Waals surface area (Å²) < 4.78 is 2.39. The molecule has 0 spiro atoms. The summed E-state index contributed by atoms with van der Waals surface area (Å²) in [5.41, 5.74) is 13.4. The SMILES string of the molecule is c1ccc(-c2ccc(-c3ccc4c(c3)c3ccccc3n4-c3ccc(-c4ccc5cc(-c6ccc7ccccc7c6)ccc5c4)cc3)cc2)cc1. The number of fused-ring (bicyclic) bond motifs is 5. The Bertz CT molecular complexity index is 2880. The van der Waals surface area contributed by atoms with Gasteiger partial charge in [-0.2, -0.15) is 0 Å². The number of nitrogens with zero attached hydrogens (tertiary/aromatic N) is 1. The van der Waals surface area contributed by atoms with Crippen LogP contribution in [0.25, 0.3) is 93.5 Å². The summed E-state index contributed by atoms with van der Waals surface area (Å²) in [5, 5.41) is 7.55. The van der Waals surface area contributed by atoms with Gasteiger partial charge in [0.1, 0.15) is 0 Å². The number of hydrogen-bond acceptors (Lipinski definition) is 0. The van der Waals surface area contributed by atoms with Gasteiger partial charge in [0.15, 0.2) is 0 Å². The molecule has 1 heteroatoms. The summed E-state index contributed by atoms with van der Waals surface area (Å²) in [5.74, 6) is 0. The van der Waals surface area contributed by atoms with E-state index in [1.807, 2.05) is 0 Å². The van der Waals surface area contributed by atoms with Crippen LogP contribution in [-0.4, -0.2) is 4.57 Å². The van der Waals surface area contributed by atoms with Gasteiger partial charge in [0.2, 0.25) is 0 Å². The number of aromatic nitrogens is 1. The quantitative estimate of drug-likeness (QED) is 0.175. The second-order valence-electron chi connectivity index (χ2n) is 13.4. The van der Waals surface area contributed by atoms with E-state index in [1.165, 1.54) is 87.9 Å². The van der Waals surface area contributed by atoms with Crippen molar-refractivity contribution in [1.82, 2.24) is 4.57 Å². The molecular weight excluding hydrogens is 615 g/mol. The minimum atomic E-state index is 1.16. The summed E-state index contributed by atoms with van der Waals surface area (Å²) >= 11 is 0. The largest absolute Gasteiger partial charge is 0.309 e. The van der Waals surface area contributed by atoms with Crippen molar-refractivity contribution < 1.29 is 0 Å². The van der Waals surface area contributed by atoms with Crippen LogP contribution in [0.5, 0.6) is 0 Å². The van der Waals surface area contributed by atoms with Crippen molar-refractivity contribution in [3.63, 3.8) is 0 Å². The molecule has 0 aliphatic carbocycles. The van der Waals surface area contributed by atoms with Gasteiger partial charge in [-0.15, -0.1) is 0 Å². The average Bonchev–Trinajstić information content (AvgIpc) is 3.54. The molecule has 1 nitrogen and oxygen atoms in total. The van der Waals surface area contributed by atoms with E-state index in [0.29, 0.717) is 0 Å². The first-order valence-electron chi connectivity index (χ1n) is 17.6. The van der Waals surface area contributed by atoms with Gasteiger partial charge in [-0.25, -0.2) is 0 Å². The van der Waals surface area contributed by atoms with Crippen LogP contribution in [0, 0.1) is 0 Å². The Hall–Kier alpha value is -6.70. The lowest BCUT2D eigenvalue weighted by atomic mass is 9.96. The predicted octanol–water partition coefficient (Wildman–Crippen LogP) is 13.8. The van der Waals surface area contributed by atoms with Gasteiger partial charge >= 0.3 is 0 Å². The van der Waals surface area contributed by atoms with Gasteiger partial charge in [0.05, 0.1) is 11.0 Å². The second kappa shape index (κ2) is 12.0. The molecule has 10 aromatic rings. The molecule has 0 aliphatic rings. The molecule has 10 rings (SSSR count). The average molecular weight is 648 g/mol. The standard InChI is InChI=1S/C50H33N/c1-2-8-34(9-3-1)36-14-16-37(17-15-36)45-26-29-50-48(33-45)47-12-6-7-13-49(47)51(50)46-27-24-38(25-28-46)40-20-21-43-32-44(23-22-42(43)31-40)41-19-18-35-10-4-5-11-39(35)30-41/h1-33H. The molecule has 1 heterocycles. The smallest absolute Gasteiger partial charge is 0.0541 e. The van der Waals surface area contributed by atoms with Crippen molar-refractivity contribution in [2.75, 3.05) is 0 Å². The highest BCUT2D eigenvalue weighted by Gasteiger charge is 2.14. The summed E-state index contributed by atoms with van der Waals surface area (Å²) in [4.78, 5) is 0. The fourth-order valence-electron chi connectivity index (χ4n) is 7.69. The highest BCUT2D eigenvalue weighted by molar-refractivity contribution is 6.10. The third kappa shape index (κ3) is 5.19. The van der Waals surface area contributed by atoms with E-state index in [4.69, 9.17) is 0 Å². The maximum atomic E-state index is 2.39. The van der Waals surface area contributed by atoms with E-state index in [0.717, 1.165) is 5.69 Å². The van der Waals surface area contributed by atoms with Crippen LogP contribution in [0.15, 0.2) is 200 Å². The van der Waals surface area contributed by atoms with Gasteiger partial charge in [-0.3, -0.25) is 0 Å². The molecule has 0 radical (unpaired) electrons. The minimum absolute atomic E-state index is 1.16. The predicted molar refractivity (Wildman–Crippen MR) is 218 cm³/mol. The fraction of sp³-hybridized carbons (Fsp3) is 0. The molecule has 0 aliphatic heterocycles. The Morgan fingerprint density at radius 3 is 1.33 bits per heavy atom. The molecule has 0 N–H and O–H groups in total. The zero-order valence-corrected chi connectivity index (χ0v) is 28.0. The molecule has 0 bridgehead atoms. The van der Waals surface area contributed by atoms with Crippen molar-refractivity contribution in [3.8, 4) is 50.2 Å². The highest BCUT2D eigenvalue weighted by Crippen LogP contribution is 2.36. The van der Waals surface area contributed by atoms with Gasteiger partial charge in [0.25, 0.3) is 0 Å². The molecule has 0 fully saturated rings. The molecule has 0 atom stereocenters. The van der Waals surface area contributed by atoms with Gasteiger partial charge < -0.3 is 4.57 Å². The van der Waals surface area contributed by atoms with Crippen LogP contribution >= 0.6 is 0 Å².